The first kappa shape index (κ1) is 27.5. The second kappa shape index (κ2) is 11.2. The van der Waals surface area contributed by atoms with Crippen LogP contribution in [0.1, 0.15) is 43.7 Å². The van der Waals surface area contributed by atoms with E-state index in [1.807, 2.05) is 45.2 Å². The molecule has 8 nitrogen and oxygen atoms in total. The molecule has 0 saturated carbocycles. The van der Waals surface area contributed by atoms with Crippen molar-refractivity contribution >= 4 is 46.0 Å². The topological polar surface area (TPSA) is 72.2 Å². The van der Waals surface area contributed by atoms with E-state index < -0.39 is 5.60 Å². The zero-order valence-corrected chi connectivity index (χ0v) is 24.2. The van der Waals surface area contributed by atoms with Crippen molar-refractivity contribution in [1.82, 2.24) is 14.9 Å². The largest absolute Gasteiger partial charge is 0.444 e. The van der Waals surface area contributed by atoms with Gasteiger partial charge < -0.3 is 19.2 Å². The Labute approximate surface area is 238 Å². The lowest BCUT2D eigenvalue weighted by molar-refractivity contribution is 0.0151. The molecule has 0 bridgehead atoms. The highest BCUT2D eigenvalue weighted by molar-refractivity contribution is 7.98. The third-order valence-electron chi connectivity index (χ3n) is 6.99. The molecule has 1 unspecified atom stereocenters. The molecule has 3 aromatic rings. The summed E-state index contributed by atoms with van der Waals surface area (Å²) in [4.78, 5) is 30.1. The van der Waals surface area contributed by atoms with Crippen molar-refractivity contribution in [2.24, 2.45) is 0 Å². The molecule has 2 aromatic carbocycles. The van der Waals surface area contributed by atoms with Gasteiger partial charge in [-0.1, -0.05) is 53.7 Å². The molecule has 2 aliphatic heterocycles. The van der Waals surface area contributed by atoms with E-state index >= 15 is 0 Å². The van der Waals surface area contributed by atoms with Crippen LogP contribution in [0, 0.1) is 6.57 Å². The predicted octanol–water partition coefficient (Wildman–Crippen LogP) is 6.16. The lowest BCUT2D eigenvalue weighted by Crippen LogP contribution is -2.57. The zero-order valence-electron chi connectivity index (χ0n) is 22.6. The fourth-order valence-corrected chi connectivity index (χ4v) is 5.91. The number of hydrogen-bond donors (Lipinski definition) is 0. The Morgan fingerprint density at radius 3 is 2.72 bits per heavy atom. The maximum absolute atomic E-state index is 12.9. The molecule has 1 saturated heterocycles. The number of amides is 1. The quantitative estimate of drug-likeness (QED) is 0.213. The number of fused-ring (bicyclic) bond motifs is 2. The summed E-state index contributed by atoms with van der Waals surface area (Å²) in [5.74, 6) is 0.817. The highest BCUT2D eigenvalue weighted by Gasteiger charge is 2.37. The van der Waals surface area contributed by atoms with Gasteiger partial charge in [0.1, 0.15) is 17.5 Å². The molecule has 0 N–H and O–H groups in total. The second-order valence-electron chi connectivity index (χ2n) is 10.8. The highest BCUT2D eigenvalue weighted by Crippen LogP contribution is 2.39. The molecule has 2 atom stereocenters. The van der Waals surface area contributed by atoms with E-state index in [4.69, 9.17) is 37.6 Å². The molecule has 204 valence electrons. The third kappa shape index (κ3) is 5.79. The van der Waals surface area contributed by atoms with Gasteiger partial charge in [-0.2, -0.15) is 0 Å². The van der Waals surface area contributed by atoms with Crippen molar-refractivity contribution in [1.29, 1.82) is 0 Å². The monoisotopic (exact) mass is 565 g/mol. The lowest BCUT2D eigenvalue weighted by Gasteiger charge is -2.41. The van der Waals surface area contributed by atoms with Crippen LogP contribution in [-0.4, -0.2) is 65.0 Å². The molecule has 1 aromatic heterocycles. The van der Waals surface area contributed by atoms with Crippen molar-refractivity contribution in [2.75, 3.05) is 37.3 Å². The number of thioether (sulfide) groups is 1. The number of piperazine rings is 1. The average molecular weight is 566 g/mol. The SMILES string of the molecule is [C-]#[N+]C[C@H]1CN(c2nc(SC)nc3c2COC(c2cccc4cccc(Cl)c24)C3)CCN1C(=O)OC(C)(C)C. The van der Waals surface area contributed by atoms with E-state index in [0.29, 0.717) is 42.8 Å². The van der Waals surface area contributed by atoms with Crippen LogP contribution in [0.2, 0.25) is 5.02 Å². The van der Waals surface area contributed by atoms with Gasteiger partial charge in [0.15, 0.2) is 5.16 Å². The van der Waals surface area contributed by atoms with Crippen LogP contribution in [0.25, 0.3) is 15.6 Å². The zero-order chi connectivity index (χ0) is 27.7. The van der Waals surface area contributed by atoms with Crippen molar-refractivity contribution in [2.45, 2.75) is 56.7 Å². The van der Waals surface area contributed by atoms with E-state index in [2.05, 4.69) is 27.9 Å². The molecule has 10 heteroatoms. The molecular formula is C29H32ClN5O3S. The summed E-state index contributed by atoms with van der Waals surface area (Å²) in [5.41, 5.74) is 2.37. The molecule has 1 amide bonds. The van der Waals surface area contributed by atoms with E-state index in [1.165, 1.54) is 11.8 Å². The minimum Gasteiger partial charge on any atom is -0.444 e. The van der Waals surface area contributed by atoms with Gasteiger partial charge in [-0.05, 0) is 44.0 Å². The van der Waals surface area contributed by atoms with Gasteiger partial charge in [0.25, 0.3) is 0 Å². The number of halogens is 1. The van der Waals surface area contributed by atoms with Gasteiger partial charge in [-0.3, -0.25) is 4.90 Å². The normalized spacial score (nSPS) is 19.5. The fourth-order valence-electron chi connectivity index (χ4n) is 5.24. The Hall–Kier alpha value is -3.06. The van der Waals surface area contributed by atoms with Crippen molar-refractivity contribution in [3.8, 4) is 0 Å². The first-order chi connectivity index (χ1) is 18.7. The lowest BCUT2D eigenvalue weighted by atomic mass is 9.94. The summed E-state index contributed by atoms with van der Waals surface area (Å²) in [6, 6.07) is 11.8. The Bertz CT molecular complexity index is 1430. The summed E-state index contributed by atoms with van der Waals surface area (Å²) in [5, 5.41) is 3.49. The first-order valence-electron chi connectivity index (χ1n) is 13.0. The highest BCUT2D eigenvalue weighted by atomic mass is 35.5. The molecule has 1 fully saturated rings. The molecule has 5 rings (SSSR count). The van der Waals surface area contributed by atoms with E-state index in [9.17, 15) is 4.79 Å². The smallest absolute Gasteiger partial charge is 0.410 e. The van der Waals surface area contributed by atoms with Crippen LogP contribution < -0.4 is 4.90 Å². The van der Waals surface area contributed by atoms with Crippen molar-refractivity contribution < 1.29 is 14.3 Å². The molecular weight excluding hydrogens is 534 g/mol. The summed E-state index contributed by atoms with van der Waals surface area (Å²) in [7, 11) is 0. The van der Waals surface area contributed by atoms with Crippen LogP contribution in [0.4, 0.5) is 10.6 Å². The van der Waals surface area contributed by atoms with Gasteiger partial charge in [-0.15, -0.1) is 0 Å². The Morgan fingerprint density at radius 2 is 2.00 bits per heavy atom. The van der Waals surface area contributed by atoms with Gasteiger partial charge in [0.2, 0.25) is 6.54 Å². The molecule has 3 heterocycles. The summed E-state index contributed by atoms with van der Waals surface area (Å²) in [6.45, 7) is 15.1. The number of anilines is 1. The molecule has 2 aliphatic rings. The van der Waals surface area contributed by atoms with Crippen LogP contribution in [0.5, 0.6) is 0 Å². The maximum Gasteiger partial charge on any atom is 0.410 e. The van der Waals surface area contributed by atoms with Crippen molar-refractivity contribution in [3.63, 3.8) is 0 Å². The van der Waals surface area contributed by atoms with Gasteiger partial charge in [0.05, 0.1) is 18.4 Å². The van der Waals surface area contributed by atoms with Crippen LogP contribution >= 0.6 is 23.4 Å². The number of nitrogens with zero attached hydrogens (tertiary/aromatic N) is 5. The summed E-state index contributed by atoms with van der Waals surface area (Å²) in [6.07, 6.45) is 2.00. The number of aromatic nitrogens is 2. The second-order valence-corrected chi connectivity index (χ2v) is 11.9. The number of hydrogen-bond acceptors (Lipinski definition) is 7. The molecule has 0 radical (unpaired) electrons. The van der Waals surface area contributed by atoms with Crippen molar-refractivity contribution in [3.05, 3.63) is 69.7 Å². The summed E-state index contributed by atoms with van der Waals surface area (Å²) < 4.78 is 12.1. The first-order valence-corrected chi connectivity index (χ1v) is 14.6. The van der Waals surface area contributed by atoms with Gasteiger partial charge >= 0.3 is 6.09 Å². The number of benzene rings is 2. The Kier molecular flexibility index (Phi) is 7.90. The van der Waals surface area contributed by atoms with E-state index in [0.717, 1.165) is 33.4 Å². The van der Waals surface area contributed by atoms with Crippen LogP contribution in [-0.2, 0) is 22.5 Å². The minimum atomic E-state index is -0.599. The fraction of sp³-hybridized carbons (Fsp3) is 0.448. The number of carbonyl (C=O) groups is 1. The minimum absolute atomic E-state index is 0.183. The van der Waals surface area contributed by atoms with E-state index in [1.54, 1.807) is 4.90 Å². The summed E-state index contributed by atoms with van der Waals surface area (Å²) >= 11 is 8.12. The standard InChI is InChI=1S/C29H32ClN5O3S/c1-29(2,3)38-28(36)35-13-12-34(16-19(35)15-31-4)26-21-17-37-24(14-23(21)32-27(33-26)39-5)20-10-6-8-18-9-7-11-22(30)25(18)20/h6-11,19,24H,12-17H2,1-3,5H3/t19-,24?/m0/s1. The van der Waals surface area contributed by atoms with Crippen LogP contribution in [0.3, 0.4) is 0 Å². The number of carbonyl (C=O) groups excluding carboxylic acids is 1. The third-order valence-corrected chi connectivity index (χ3v) is 7.85. The maximum atomic E-state index is 12.9. The molecule has 39 heavy (non-hydrogen) atoms. The van der Waals surface area contributed by atoms with Crippen LogP contribution in [0.15, 0.2) is 41.6 Å². The molecule has 0 aliphatic carbocycles. The Morgan fingerprint density at radius 1 is 1.23 bits per heavy atom. The predicted molar refractivity (Wildman–Crippen MR) is 154 cm³/mol. The van der Waals surface area contributed by atoms with E-state index in [-0.39, 0.29) is 24.8 Å². The van der Waals surface area contributed by atoms with Gasteiger partial charge in [-0.25, -0.2) is 21.3 Å². The van der Waals surface area contributed by atoms with Gasteiger partial charge in [0, 0.05) is 42.0 Å². The average Bonchev–Trinajstić information content (AvgIpc) is 2.91. The molecule has 0 spiro atoms. The number of rotatable bonds is 4. The Balaban J connectivity index is 1.44. The number of ether oxygens (including phenoxy) is 2.